The summed E-state index contributed by atoms with van der Waals surface area (Å²) >= 11 is 5.79. The van der Waals surface area contributed by atoms with Gasteiger partial charge in [0.25, 0.3) is 5.91 Å². The summed E-state index contributed by atoms with van der Waals surface area (Å²) < 4.78 is 4.68. The number of carbonyl (C=O) groups is 1. The minimum Gasteiger partial charge on any atom is -0.271 e. The molecule has 0 aliphatic carbocycles. The third kappa shape index (κ3) is 3.21. The first-order valence-corrected chi connectivity index (χ1v) is 9.93. The van der Waals surface area contributed by atoms with E-state index < -0.39 is 7.05 Å². The molecule has 0 saturated carbocycles. The van der Waals surface area contributed by atoms with Gasteiger partial charge in [-0.1, -0.05) is 91.0 Å². The van der Waals surface area contributed by atoms with Crippen LogP contribution in [-0.4, -0.2) is 11.8 Å². The molecule has 4 heteroatoms. The van der Waals surface area contributed by atoms with E-state index in [1.807, 2.05) is 91.0 Å². The second-order valence-electron chi connectivity index (χ2n) is 5.27. The smallest absolute Gasteiger partial charge is 0.260 e. The Morgan fingerprint density at radius 1 is 0.708 bits per heavy atom. The Hall–Kier alpha value is -2.15. The molecule has 2 nitrogen and oxygen atoms in total. The maximum absolute atomic E-state index is 12.3. The molecule has 0 heterocycles. The van der Waals surface area contributed by atoms with Gasteiger partial charge in [0, 0.05) is 15.9 Å². The van der Waals surface area contributed by atoms with Crippen LogP contribution in [0.5, 0.6) is 0 Å². The van der Waals surface area contributed by atoms with Gasteiger partial charge in [0.1, 0.15) is 5.88 Å². The van der Waals surface area contributed by atoms with Crippen molar-refractivity contribution in [2.45, 2.75) is 0 Å². The number of carbonyl (C=O) groups excluding carboxylic acids is 1. The van der Waals surface area contributed by atoms with E-state index in [2.05, 4.69) is 4.74 Å². The van der Waals surface area contributed by atoms with Gasteiger partial charge in [-0.15, -0.1) is 11.6 Å². The summed E-state index contributed by atoms with van der Waals surface area (Å²) in [5, 5.41) is 3.13. The normalized spacial score (nSPS) is 11.0. The fraction of sp³-hybridized carbons (Fsp3) is 0.0500. The van der Waals surface area contributed by atoms with E-state index in [4.69, 9.17) is 11.6 Å². The first-order chi connectivity index (χ1) is 11.8. The monoisotopic (exact) mass is 353 g/mol. The second kappa shape index (κ2) is 7.61. The lowest BCUT2D eigenvalue weighted by Gasteiger charge is -2.26. The fourth-order valence-corrected chi connectivity index (χ4v) is 6.35. The first kappa shape index (κ1) is 16.7. The lowest BCUT2D eigenvalue weighted by Crippen LogP contribution is -2.26. The topological polar surface area (TPSA) is 29.4 Å². The van der Waals surface area contributed by atoms with Crippen molar-refractivity contribution >= 4 is 40.5 Å². The quantitative estimate of drug-likeness (QED) is 0.516. The van der Waals surface area contributed by atoms with Crippen molar-refractivity contribution < 1.29 is 4.79 Å². The Bertz CT molecular complexity index is 760. The van der Waals surface area contributed by atoms with Crippen molar-refractivity contribution in [2.24, 2.45) is 4.74 Å². The zero-order valence-electron chi connectivity index (χ0n) is 13.0. The lowest BCUT2D eigenvalue weighted by molar-refractivity contribution is -0.115. The molecule has 0 N–H and O–H groups in total. The molecule has 0 spiro atoms. The minimum absolute atomic E-state index is 0.117. The van der Waals surface area contributed by atoms with Gasteiger partial charge in [-0.25, -0.2) is 4.74 Å². The second-order valence-corrected chi connectivity index (χ2v) is 8.56. The van der Waals surface area contributed by atoms with Gasteiger partial charge in [0.05, 0.1) is 7.05 Å². The largest absolute Gasteiger partial charge is 0.271 e. The van der Waals surface area contributed by atoms with Crippen LogP contribution >= 0.6 is 18.7 Å². The molecule has 0 aliphatic rings. The molecule has 24 heavy (non-hydrogen) atoms. The molecule has 120 valence electrons. The first-order valence-electron chi connectivity index (χ1n) is 7.65. The molecule has 0 atom stereocenters. The summed E-state index contributed by atoms with van der Waals surface area (Å²) in [7, 11) is -2.43. The summed E-state index contributed by atoms with van der Waals surface area (Å²) in [4.78, 5) is 12.3. The average Bonchev–Trinajstić information content (AvgIpc) is 2.68. The van der Waals surface area contributed by atoms with Crippen LogP contribution < -0.4 is 15.9 Å². The van der Waals surface area contributed by atoms with Crippen molar-refractivity contribution in [3.8, 4) is 0 Å². The van der Waals surface area contributed by atoms with E-state index in [1.54, 1.807) is 0 Å². The molecule has 0 aromatic heterocycles. The molecule has 0 fully saturated rings. The molecule has 0 saturated heterocycles. The summed E-state index contributed by atoms with van der Waals surface area (Å²) in [5.74, 6) is -0.407. The van der Waals surface area contributed by atoms with Crippen LogP contribution in [0.3, 0.4) is 0 Å². The maximum atomic E-state index is 12.3. The Kier molecular flexibility index (Phi) is 5.30. The van der Waals surface area contributed by atoms with Crippen LogP contribution in [0.1, 0.15) is 0 Å². The zero-order chi connectivity index (χ0) is 16.8. The van der Waals surface area contributed by atoms with Crippen molar-refractivity contribution in [2.75, 3.05) is 5.88 Å². The Morgan fingerprint density at radius 3 is 1.33 bits per heavy atom. The highest BCUT2D eigenvalue weighted by atomic mass is 35.5. The molecule has 3 aromatic rings. The van der Waals surface area contributed by atoms with Crippen LogP contribution in [0, 0.1) is 0 Å². The Balaban J connectivity index is 2.42. The highest BCUT2D eigenvalue weighted by Crippen LogP contribution is 2.46. The van der Waals surface area contributed by atoms with Crippen LogP contribution in [0.4, 0.5) is 0 Å². The molecule has 0 unspecified atom stereocenters. The van der Waals surface area contributed by atoms with Crippen molar-refractivity contribution in [3.05, 3.63) is 91.0 Å². The summed E-state index contributed by atoms with van der Waals surface area (Å²) in [6, 6.07) is 30.0. The van der Waals surface area contributed by atoms with E-state index in [-0.39, 0.29) is 11.8 Å². The third-order valence-corrected chi connectivity index (χ3v) is 7.65. The van der Waals surface area contributed by atoms with Gasteiger partial charge < -0.3 is 0 Å². The predicted molar refractivity (Wildman–Crippen MR) is 103 cm³/mol. The number of nitrogens with zero attached hydrogens (tertiary/aromatic N) is 1. The molecule has 0 aliphatic heterocycles. The van der Waals surface area contributed by atoms with E-state index in [0.29, 0.717) is 0 Å². The van der Waals surface area contributed by atoms with Crippen LogP contribution in [-0.2, 0) is 4.79 Å². The van der Waals surface area contributed by atoms with E-state index >= 15 is 0 Å². The van der Waals surface area contributed by atoms with Gasteiger partial charge >= 0.3 is 0 Å². The number of alkyl halides is 1. The highest BCUT2D eigenvalue weighted by molar-refractivity contribution is 7.87. The fourth-order valence-electron chi connectivity index (χ4n) is 2.75. The minimum atomic E-state index is -2.43. The van der Waals surface area contributed by atoms with Gasteiger partial charge in [-0.05, 0) is 0 Å². The van der Waals surface area contributed by atoms with Gasteiger partial charge in [-0.3, -0.25) is 4.79 Å². The van der Waals surface area contributed by atoms with Crippen LogP contribution in [0.15, 0.2) is 95.7 Å². The Labute approximate surface area is 147 Å². The number of halogens is 1. The summed E-state index contributed by atoms with van der Waals surface area (Å²) in [5.41, 5.74) is 0. The van der Waals surface area contributed by atoms with E-state index in [0.717, 1.165) is 15.9 Å². The molecule has 3 aromatic carbocycles. The van der Waals surface area contributed by atoms with Gasteiger partial charge in [-0.2, -0.15) is 0 Å². The number of hydrogen-bond acceptors (Lipinski definition) is 1. The van der Waals surface area contributed by atoms with Crippen molar-refractivity contribution in [3.63, 3.8) is 0 Å². The molecule has 1 amide bonds. The number of rotatable bonds is 4. The molecular formula is C20H17ClNOP. The standard InChI is InChI=1S/C20H17ClNOP/c21-16-20(23)22-24(17-10-4-1-5-11-17,18-12-6-2-7-13-18)19-14-8-3-9-15-19/h1-15H,16H2. The lowest BCUT2D eigenvalue weighted by atomic mass is 10.4. The van der Waals surface area contributed by atoms with Crippen LogP contribution in [0.2, 0.25) is 0 Å². The molecule has 0 radical (unpaired) electrons. The maximum Gasteiger partial charge on any atom is 0.260 e. The van der Waals surface area contributed by atoms with Crippen LogP contribution in [0.25, 0.3) is 0 Å². The summed E-state index contributed by atoms with van der Waals surface area (Å²) in [6.45, 7) is 0. The number of benzene rings is 3. The number of hydrogen-bond donors (Lipinski definition) is 0. The SMILES string of the molecule is O=C(CCl)N=P(c1ccccc1)(c1ccccc1)c1ccccc1. The van der Waals surface area contributed by atoms with Gasteiger partial charge in [0.15, 0.2) is 0 Å². The van der Waals surface area contributed by atoms with E-state index in [1.165, 1.54) is 0 Å². The highest BCUT2D eigenvalue weighted by Gasteiger charge is 2.28. The molecule has 0 bridgehead atoms. The zero-order valence-corrected chi connectivity index (χ0v) is 14.7. The molecular weight excluding hydrogens is 337 g/mol. The van der Waals surface area contributed by atoms with Gasteiger partial charge in [0.2, 0.25) is 0 Å². The van der Waals surface area contributed by atoms with Crippen molar-refractivity contribution in [1.29, 1.82) is 0 Å². The predicted octanol–water partition coefficient (Wildman–Crippen LogP) is 3.93. The third-order valence-electron chi connectivity index (χ3n) is 3.77. The molecule has 3 rings (SSSR count). The van der Waals surface area contributed by atoms with E-state index in [9.17, 15) is 4.79 Å². The summed E-state index contributed by atoms with van der Waals surface area (Å²) in [6.07, 6.45) is 0. The van der Waals surface area contributed by atoms with Crippen molar-refractivity contribution in [1.82, 2.24) is 0 Å². The number of amides is 1. The average molecular weight is 354 g/mol. The Morgan fingerprint density at radius 2 is 1.04 bits per heavy atom.